The SMILES string of the molecule is COc1cccc(CN2CCC3(CC2)CC3C(=O)Nc2ccc(OC)c(Cl)c2)c1. The maximum absolute atomic E-state index is 12.7. The number of nitrogens with zero attached hydrogens (tertiary/aromatic N) is 1. The average molecular weight is 415 g/mol. The molecule has 0 aromatic heterocycles. The van der Waals surface area contributed by atoms with Crippen LogP contribution < -0.4 is 14.8 Å². The molecular formula is C23H27ClN2O3. The van der Waals surface area contributed by atoms with Crippen molar-refractivity contribution in [3.8, 4) is 11.5 Å². The number of carbonyl (C=O) groups excluding carboxylic acids is 1. The van der Waals surface area contributed by atoms with E-state index in [4.69, 9.17) is 21.1 Å². The normalized spacial score (nSPS) is 20.3. The summed E-state index contributed by atoms with van der Waals surface area (Å²) in [5.41, 5.74) is 2.16. The zero-order valence-electron chi connectivity index (χ0n) is 16.9. The minimum absolute atomic E-state index is 0.0994. The Morgan fingerprint density at radius 1 is 1.17 bits per heavy atom. The van der Waals surface area contributed by atoms with E-state index in [-0.39, 0.29) is 17.2 Å². The molecule has 1 saturated carbocycles. The van der Waals surface area contributed by atoms with E-state index in [0.29, 0.717) is 10.8 Å². The van der Waals surface area contributed by atoms with Gasteiger partial charge in [0.15, 0.2) is 0 Å². The second-order valence-electron chi connectivity index (χ2n) is 8.09. The van der Waals surface area contributed by atoms with Crippen LogP contribution in [0.1, 0.15) is 24.8 Å². The summed E-state index contributed by atoms with van der Waals surface area (Å²) in [7, 11) is 3.27. The van der Waals surface area contributed by atoms with Gasteiger partial charge in [-0.3, -0.25) is 9.69 Å². The molecule has 1 aliphatic heterocycles. The van der Waals surface area contributed by atoms with E-state index in [9.17, 15) is 4.79 Å². The van der Waals surface area contributed by atoms with Crippen LogP contribution in [0.2, 0.25) is 5.02 Å². The smallest absolute Gasteiger partial charge is 0.228 e. The molecule has 1 saturated heterocycles. The first kappa shape index (κ1) is 20.0. The van der Waals surface area contributed by atoms with Crippen molar-refractivity contribution in [2.24, 2.45) is 11.3 Å². The number of methoxy groups -OCH3 is 2. The first-order valence-corrected chi connectivity index (χ1v) is 10.4. The fourth-order valence-corrected chi connectivity index (χ4v) is 4.69. The number of hydrogen-bond acceptors (Lipinski definition) is 4. The Balaban J connectivity index is 1.30. The van der Waals surface area contributed by atoms with Gasteiger partial charge in [-0.2, -0.15) is 0 Å². The lowest BCUT2D eigenvalue weighted by Crippen LogP contribution is -2.35. The minimum atomic E-state index is 0.0994. The van der Waals surface area contributed by atoms with Crippen LogP contribution in [0.3, 0.4) is 0 Å². The van der Waals surface area contributed by atoms with Gasteiger partial charge in [-0.1, -0.05) is 23.7 Å². The quantitative estimate of drug-likeness (QED) is 0.750. The second-order valence-corrected chi connectivity index (χ2v) is 8.49. The van der Waals surface area contributed by atoms with Crippen molar-refractivity contribution >= 4 is 23.2 Å². The fraction of sp³-hybridized carbons (Fsp3) is 0.435. The maximum Gasteiger partial charge on any atom is 0.228 e. The van der Waals surface area contributed by atoms with Crippen molar-refractivity contribution in [2.45, 2.75) is 25.8 Å². The zero-order valence-corrected chi connectivity index (χ0v) is 17.7. The summed E-state index contributed by atoms with van der Waals surface area (Å²) in [6.45, 7) is 2.97. The molecule has 0 bridgehead atoms. The molecule has 1 N–H and O–H groups in total. The van der Waals surface area contributed by atoms with Gasteiger partial charge in [0.1, 0.15) is 11.5 Å². The molecule has 2 aliphatic rings. The molecule has 1 atom stereocenters. The van der Waals surface area contributed by atoms with E-state index in [0.717, 1.165) is 50.3 Å². The highest BCUT2D eigenvalue weighted by molar-refractivity contribution is 6.32. The Kier molecular flexibility index (Phi) is 5.70. The minimum Gasteiger partial charge on any atom is -0.497 e. The number of ether oxygens (including phenoxy) is 2. The summed E-state index contributed by atoms with van der Waals surface area (Å²) < 4.78 is 10.5. The first-order valence-electron chi connectivity index (χ1n) is 10.0. The summed E-state index contributed by atoms with van der Waals surface area (Å²) in [5.74, 6) is 1.71. The van der Waals surface area contributed by atoms with Crippen molar-refractivity contribution < 1.29 is 14.3 Å². The summed E-state index contributed by atoms with van der Waals surface area (Å²) in [6, 6.07) is 13.6. The van der Waals surface area contributed by atoms with Gasteiger partial charge in [0.05, 0.1) is 19.2 Å². The number of carbonyl (C=O) groups is 1. The van der Waals surface area contributed by atoms with E-state index < -0.39 is 0 Å². The molecule has 29 heavy (non-hydrogen) atoms. The molecule has 0 radical (unpaired) electrons. The molecule has 1 amide bonds. The number of piperidine rings is 1. The number of nitrogens with one attached hydrogen (secondary N) is 1. The van der Waals surface area contributed by atoms with Crippen molar-refractivity contribution in [1.82, 2.24) is 4.90 Å². The van der Waals surface area contributed by atoms with Gasteiger partial charge in [-0.25, -0.2) is 0 Å². The second kappa shape index (κ2) is 8.25. The van der Waals surface area contributed by atoms with E-state index in [1.165, 1.54) is 5.56 Å². The highest BCUT2D eigenvalue weighted by Crippen LogP contribution is 2.59. The predicted octanol–water partition coefficient (Wildman–Crippen LogP) is 4.60. The molecule has 2 aromatic rings. The van der Waals surface area contributed by atoms with Crippen LogP contribution in [0.4, 0.5) is 5.69 Å². The van der Waals surface area contributed by atoms with Gasteiger partial charge < -0.3 is 14.8 Å². The van der Waals surface area contributed by atoms with Gasteiger partial charge in [-0.05, 0) is 73.7 Å². The average Bonchev–Trinajstić information content (AvgIpc) is 3.44. The lowest BCUT2D eigenvalue weighted by atomic mass is 9.90. The molecule has 1 unspecified atom stereocenters. The highest BCUT2D eigenvalue weighted by atomic mass is 35.5. The molecule has 1 heterocycles. The molecule has 1 spiro atoms. The van der Waals surface area contributed by atoms with Crippen LogP contribution in [-0.4, -0.2) is 38.1 Å². The number of hydrogen-bond donors (Lipinski definition) is 1. The van der Waals surface area contributed by atoms with Crippen LogP contribution in [0, 0.1) is 11.3 Å². The van der Waals surface area contributed by atoms with E-state index >= 15 is 0 Å². The van der Waals surface area contributed by atoms with Gasteiger partial charge in [0.2, 0.25) is 5.91 Å². The molecule has 5 nitrogen and oxygen atoms in total. The van der Waals surface area contributed by atoms with Gasteiger partial charge in [0, 0.05) is 18.2 Å². The molecule has 6 heteroatoms. The molecule has 2 fully saturated rings. The van der Waals surface area contributed by atoms with E-state index in [2.05, 4.69) is 22.3 Å². The van der Waals surface area contributed by atoms with Gasteiger partial charge in [0.25, 0.3) is 0 Å². The Bertz CT molecular complexity index is 893. The monoisotopic (exact) mass is 414 g/mol. The number of halogens is 1. The molecule has 154 valence electrons. The predicted molar refractivity (Wildman–Crippen MR) is 115 cm³/mol. The first-order chi connectivity index (χ1) is 14.0. The molecule has 1 aliphatic carbocycles. The van der Waals surface area contributed by atoms with Gasteiger partial charge >= 0.3 is 0 Å². The van der Waals surface area contributed by atoms with E-state index in [1.807, 2.05) is 18.2 Å². The van der Waals surface area contributed by atoms with Crippen molar-refractivity contribution in [3.05, 3.63) is 53.1 Å². The number of amides is 1. The van der Waals surface area contributed by atoms with Gasteiger partial charge in [-0.15, -0.1) is 0 Å². The largest absolute Gasteiger partial charge is 0.497 e. The Morgan fingerprint density at radius 3 is 2.66 bits per heavy atom. The van der Waals surface area contributed by atoms with Crippen molar-refractivity contribution in [2.75, 3.05) is 32.6 Å². The Morgan fingerprint density at radius 2 is 1.97 bits per heavy atom. The maximum atomic E-state index is 12.7. The standard InChI is InChI=1S/C23H27ClN2O3/c1-28-18-5-3-4-16(12-18)15-26-10-8-23(9-11-26)14-19(23)22(27)25-17-6-7-21(29-2)20(24)13-17/h3-7,12-13,19H,8-11,14-15H2,1-2H3,(H,25,27). The molecule has 2 aromatic carbocycles. The van der Waals surface area contributed by atoms with Crippen molar-refractivity contribution in [3.63, 3.8) is 0 Å². The van der Waals surface area contributed by atoms with Crippen molar-refractivity contribution in [1.29, 1.82) is 0 Å². The summed E-state index contributed by atoms with van der Waals surface area (Å²) in [6.07, 6.45) is 3.12. The Labute approximate surface area is 176 Å². The third kappa shape index (κ3) is 4.36. The summed E-state index contributed by atoms with van der Waals surface area (Å²) >= 11 is 6.16. The summed E-state index contributed by atoms with van der Waals surface area (Å²) in [5, 5.41) is 3.53. The van der Waals surface area contributed by atoms with Crippen LogP contribution in [0.25, 0.3) is 0 Å². The molecule has 4 rings (SSSR count). The van der Waals surface area contributed by atoms with E-state index in [1.54, 1.807) is 26.4 Å². The Hall–Kier alpha value is -2.24. The number of likely N-dealkylation sites (tertiary alicyclic amines) is 1. The van der Waals surface area contributed by atoms with Crippen LogP contribution in [0.15, 0.2) is 42.5 Å². The molecular weight excluding hydrogens is 388 g/mol. The number of anilines is 1. The summed E-state index contributed by atoms with van der Waals surface area (Å²) in [4.78, 5) is 15.2. The highest BCUT2D eigenvalue weighted by Gasteiger charge is 2.58. The third-order valence-electron chi connectivity index (χ3n) is 6.32. The van der Waals surface area contributed by atoms with Crippen LogP contribution in [-0.2, 0) is 11.3 Å². The lowest BCUT2D eigenvalue weighted by molar-refractivity contribution is -0.118. The third-order valence-corrected chi connectivity index (χ3v) is 6.61. The number of rotatable bonds is 6. The lowest BCUT2D eigenvalue weighted by Gasteiger charge is -2.32. The number of benzene rings is 2. The van der Waals surface area contributed by atoms with Crippen LogP contribution in [0.5, 0.6) is 11.5 Å². The topological polar surface area (TPSA) is 50.8 Å². The fourth-order valence-electron chi connectivity index (χ4n) is 4.43. The zero-order chi connectivity index (χ0) is 20.4. The van der Waals surface area contributed by atoms with Crippen LogP contribution >= 0.6 is 11.6 Å².